The molecule has 0 aliphatic heterocycles. The zero-order chi connectivity index (χ0) is 24.0. The minimum atomic E-state index is -3.67. The average Bonchev–Trinajstić information content (AvgIpc) is 2.87. The second kappa shape index (κ2) is 10.2. The van der Waals surface area contributed by atoms with Gasteiger partial charge in [0.2, 0.25) is 9.84 Å². The summed E-state index contributed by atoms with van der Waals surface area (Å²) in [5.41, 5.74) is 3.64. The lowest BCUT2D eigenvalue weighted by molar-refractivity contribution is 0.596. The molecule has 0 saturated carbocycles. The Bertz CT molecular complexity index is 1400. The molecule has 34 heavy (non-hydrogen) atoms. The Morgan fingerprint density at radius 3 is 1.24 bits per heavy atom. The Morgan fingerprint density at radius 2 is 0.853 bits per heavy atom. The van der Waals surface area contributed by atoms with Gasteiger partial charge in [0.15, 0.2) is 0 Å². The van der Waals surface area contributed by atoms with Crippen LogP contribution in [0.4, 0.5) is 28.4 Å². The molecule has 0 N–H and O–H groups in total. The van der Waals surface area contributed by atoms with Gasteiger partial charge < -0.3 is 4.90 Å². The summed E-state index contributed by atoms with van der Waals surface area (Å²) in [4.78, 5) is 2.37. The van der Waals surface area contributed by atoms with Crippen molar-refractivity contribution in [3.63, 3.8) is 0 Å². The van der Waals surface area contributed by atoms with Crippen LogP contribution in [0.1, 0.15) is 0 Å². The van der Waals surface area contributed by atoms with Gasteiger partial charge >= 0.3 is 0 Å². The predicted molar refractivity (Wildman–Crippen MR) is 134 cm³/mol. The van der Waals surface area contributed by atoms with Crippen molar-refractivity contribution in [3.05, 3.63) is 103 Å². The van der Waals surface area contributed by atoms with Crippen molar-refractivity contribution in [3.8, 4) is 0 Å². The maximum atomic E-state index is 13.0. The van der Waals surface area contributed by atoms with Gasteiger partial charge in [-0.3, -0.25) is 0 Å². The molecule has 170 valence electrons. The molecule has 0 aromatic heterocycles. The van der Waals surface area contributed by atoms with Crippen LogP contribution in [0, 0.1) is 0 Å². The van der Waals surface area contributed by atoms with E-state index < -0.39 is 9.84 Å². The Balaban J connectivity index is 1.45. The first-order valence-electron chi connectivity index (χ1n) is 10.5. The summed E-state index contributed by atoms with van der Waals surface area (Å²) >= 11 is 0. The van der Waals surface area contributed by atoms with Crippen molar-refractivity contribution in [2.45, 2.75) is 9.79 Å². The number of rotatable bonds is 7. The first-order valence-corrected chi connectivity index (χ1v) is 12.0. The molecule has 0 radical (unpaired) electrons. The normalized spacial score (nSPS) is 11.8. The van der Waals surface area contributed by atoms with Crippen LogP contribution in [0.2, 0.25) is 0 Å². The van der Waals surface area contributed by atoms with Crippen LogP contribution < -0.4 is 4.90 Å². The van der Waals surface area contributed by atoms with E-state index in [-0.39, 0.29) is 9.79 Å². The monoisotopic (exact) mass is 469 g/mol. The van der Waals surface area contributed by atoms with E-state index in [9.17, 15) is 8.42 Å². The van der Waals surface area contributed by atoms with Crippen molar-refractivity contribution < 1.29 is 8.42 Å². The Labute approximate surface area is 199 Å². The van der Waals surface area contributed by atoms with Crippen LogP contribution >= 0.6 is 0 Å². The zero-order valence-corrected chi connectivity index (χ0v) is 19.6. The van der Waals surface area contributed by atoms with Crippen molar-refractivity contribution in [1.29, 1.82) is 0 Å². The number of benzene rings is 4. The third-order valence-corrected chi connectivity index (χ3v) is 6.76. The van der Waals surface area contributed by atoms with Crippen LogP contribution in [0.15, 0.2) is 133 Å². The number of azo groups is 2. The molecule has 4 rings (SSSR count). The van der Waals surface area contributed by atoms with Gasteiger partial charge in [0.05, 0.1) is 32.5 Å². The van der Waals surface area contributed by atoms with Gasteiger partial charge in [-0.05, 0) is 84.9 Å². The summed E-state index contributed by atoms with van der Waals surface area (Å²) in [6, 6.07) is 29.6. The van der Waals surface area contributed by atoms with Gasteiger partial charge in [0, 0.05) is 19.8 Å². The molecule has 0 saturated heterocycles. The fraction of sp³-hybridized carbons (Fsp3) is 0.0769. The van der Waals surface area contributed by atoms with E-state index in [4.69, 9.17) is 0 Å². The first kappa shape index (κ1) is 23.0. The summed E-state index contributed by atoms with van der Waals surface area (Å²) in [5, 5.41) is 16.7. The summed E-state index contributed by atoms with van der Waals surface area (Å²) in [6.45, 7) is 0. The summed E-state index contributed by atoms with van der Waals surface area (Å²) < 4.78 is 26.0. The lowest BCUT2D eigenvalue weighted by atomic mass is 10.3. The third kappa shape index (κ3) is 5.60. The van der Waals surface area contributed by atoms with Crippen molar-refractivity contribution in [1.82, 2.24) is 0 Å². The zero-order valence-electron chi connectivity index (χ0n) is 18.8. The molecule has 0 atom stereocenters. The van der Waals surface area contributed by atoms with Crippen LogP contribution in [-0.2, 0) is 9.84 Å². The standard InChI is InChI=1S/C26H23N5O2S/c1-31(2)24-14-8-21(9-15-24)28-30-23-12-18-26(19-13-23)34(32,33)25-16-10-22(11-17-25)29-27-20-6-4-3-5-7-20/h3-19H,1-2H3/b29-27+,30-28+. The Morgan fingerprint density at radius 1 is 0.500 bits per heavy atom. The van der Waals surface area contributed by atoms with Gasteiger partial charge in [0.25, 0.3) is 0 Å². The van der Waals surface area contributed by atoms with Gasteiger partial charge in [-0.15, -0.1) is 0 Å². The number of nitrogens with zero attached hydrogens (tertiary/aromatic N) is 5. The van der Waals surface area contributed by atoms with Crippen LogP contribution in [0.25, 0.3) is 0 Å². The molecular formula is C26H23N5O2S. The SMILES string of the molecule is CN(C)c1ccc(/N=N/c2ccc(S(=O)(=O)c3ccc(/N=N/c4ccccc4)cc3)cc2)cc1. The van der Waals surface area contributed by atoms with Gasteiger partial charge in [-0.25, -0.2) is 8.42 Å². The highest BCUT2D eigenvalue weighted by atomic mass is 32.2. The Kier molecular flexibility index (Phi) is 6.89. The highest BCUT2D eigenvalue weighted by Crippen LogP contribution is 2.27. The molecule has 0 aliphatic rings. The molecule has 0 fully saturated rings. The van der Waals surface area contributed by atoms with Gasteiger partial charge in [0.1, 0.15) is 0 Å². The van der Waals surface area contributed by atoms with E-state index in [2.05, 4.69) is 20.5 Å². The topological polar surface area (TPSA) is 86.8 Å². The second-order valence-electron chi connectivity index (χ2n) is 7.64. The molecule has 0 aliphatic carbocycles. The largest absolute Gasteiger partial charge is 0.378 e. The maximum Gasteiger partial charge on any atom is 0.206 e. The molecule has 0 heterocycles. The minimum absolute atomic E-state index is 0.181. The fourth-order valence-corrected chi connectivity index (χ4v) is 4.32. The quantitative estimate of drug-likeness (QED) is 0.264. The molecule has 0 unspecified atom stereocenters. The number of anilines is 1. The van der Waals surface area contributed by atoms with Gasteiger partial charge in [-0.2, -0.15) is 20.5 Å². The van der Waals surface area contributed by atoms with Crippen molar-refractivity contribution in [2.24, 2.45) is 20.5 Å². The molecule has 8 heteroatoms. The predicted octanol–water partition coefficient (Wildman–Crippen LogP) is 7.42. The number of hydrogen-bond acceptors (Lipinski definition) is 7. The van der Waals surface area contributed by atoms with Crippen LogP contribution in [-0.4, -0.2) is 22.5 Å². The van der Waals surface area contributed by atoms with Crippen molar-refractivity contribution >= 4 is 38.3 Å². The van der Waals surface area contributed by atoms with Gasteiger partial charge in [-0.1, -0.05) is 18.2 Å². The highest BCUT2D eigenvalue weighted by molar-refractivity contribution is 7.91. The third-order valence-electron chi connectivity index (χ3n) is 4.98. The molecule has 4 aromatic rings. The summed E-state index contributed by atoms with van der Waals surface area (Å²) in [7, 11) is 0.271. The molecule has 0 amide bonds. The number of hydrogen-bond donors (Lipinski definition) is 0. The smallest absolute Gasteiger partial charge is 0.206 e. The molecular weight excluding hydrogens is 446 g/mol. The lowest BCUT2D eigenvalue weighted by Gasteiger charge is -2.11. The second-order valence-corrected chi connectivity index (χ2v) is 9.59. The van der Waals surface area contributed by atoms with E-state index >= 15 is 0 Å². The number of sulfone groups is 1. The van der Waals surface area contributed by atoms with E-state index in [0.717, 1.165) is 11.4 Å². The summed E-state index contributed by atoms with van der Waals surface area (Å²) in [5.74, 6) is 0. The lowest BCUT2D eigenvalue weighted by Crippen LogP contribution is -2.07. The van der Waals surface area contributed by atoms with Crippen LogP contribution in [0.5, 0.6) is 0 Å². The molecule has 0 bridgehead atoms. The maximum absolute atomic E-state index is 13.0. The first-order chi connectivity index (χ1) is 16.4. The average molecular weight is 470 g/mol. The molecule has 0 spiro atoms. The molecule has 7 nitrogen and oxygen atoms in total. The minimum Gasteiger partial charge on any atom is -0.378 e. The Hall–Kier alpha value is -4.17. The summed E-state index contributed by atoms with van der Waals surface area (Å²) in [6.07, 6.45) is 0. The fourth-order valence-electron chi connectivity index (χ4n) is 3.06. The van der Waals surface area contributed by atoms with E-state index in [1.54, 1.807) is 24.3 Å². The van der Waals surface area contributed by atoms with Crippen molar-refractivity contribution in [2.75, 3.05) is 19.0 Å². The van der Waals surface area contributed by atoms with E-state index in [1.165, 1.54) is 24.3 Å². The van der Waals surface area contributed by atoms with E-state index in [1.807, 2.05) is 73.6 Å². The molecule has 4 aromatic carbocycles. The van der Waals surface area contributed by atoms with E-state index in [0.29, 0.717) is 17.1 Å². The highest BCUT2D eigenvalue weighted by Gasteiger charge is 2.17. The van der Waals surface area contributed by atoms with Crippen LogP contribution in [0.3, 0.4) is 0 Å².